The molecule has 0 aromatic carbocycles. The number of methoxy groups -OCH3 is 1. The number of carbonyl (C=O) groups is 1. The van der Waals surface area contributed by atoms with Gasteiger partial charge in [-0.3, -0.25) is 9.69 Å². The smallest absolute Gasteiger partial charge is 0.311 e. The monoisotopic (exact) mass is 215 g/mol. The first kappa shape index (κ1) is 10.3. The average Bonchev–Trinajstić information content (AvgIpc) is 2.42. The Morgan fingerprint density at radius 1 is 1.50 bits per heavy atom. The van der Waals surface area contributed by atoms with Crippen LogP contribution in [-0.2, 0) is 9.53 Å². The van der Waals surface area contributed by atoms with Crippen molar-refractivity contribution in [2.24, 2.45) is 5.92 Å². The fourth-order valence-electron chi connectivity index (χ4n) is 2.89. The molecule has 0 aliphatic carbocycles. The summed E-state index contributed by atoms with van der Waals surface area (Å²) in [6.45, 7) is 0. The van der Waals surface area contributed by atoms with Gasteiger partial charge in [0, 0.05) is 17.3 Å². The zero-order valence-electron chi connectivity index (χ0n) is 8.64. The normalized spacial score (nSPS) is 42.5. The first-order chi connectivity index (χ1) is 6.65. The van der Waals surface area contributed by atoms with Crippen LogP contribution in [0.5, 0.6) is 0 Å². The first-order valence-electron chi connectivity index (χ1n) is 5.13. The molecule has 3 nitrogen and oxygen atoms in total. The van der Waals surface area contributed by atoms with Crippen LogP contribution in [0.3, 0.4) is 0 Å². The van der Waals surface area contributed by atoms with E-state index >= 15 is 0 Å². The molecule has 0 aromatic heterocycles. The SMILES string of the molecule is COC(=O)[C@@H]1C2CCC(C[C@@H]1S)N2C. The van der Waals surface area contributed by atoms with Crippen LogP contribution in [0.15, 0.2) is 0 Å². The zero-order valence-corrected chi connectivity index (χ0v) is 9.54. The molecule has 2 unspecified atom stereocenters. The molecular formula is C10H17NO2S. The van der Waals surface area contributed by atoms with Gasteiger partial charge in [0.2, 0.25) is 0 Å². The zero-order chi connectivity index (χ0) is 10.3. The molecule has 2 heterocycles. The van der Waals surface area contributed by atoms with Gasteiger partial charge in [0.15, 0.2) is 0 Å². The highest BCUT2D eigenvalue weighted by atomic mass is 32.1. The minimum atomic E-state index is -0.0952. The van der Waals surface area contributed by atoms with Gasteiger partial charge in [0.1, 0.15) is 0 Å². The van der Waals surface area contributed by atoms with Crippen molar-refractivity contribution in [3.05, 3.63) is 0 Å². The van der Waals surface area contributed by atoms with Crippen molar-refractivity contribution in [2.45, 2.75) is 36.6 Å². The van der Waals surface area contributed by atoms with Gasteiger partial charge in [0.25, 0.3) is 0 Å². The van der Waals surface area contributed by atoms with Gasteiger partial charge in [-0.1, -0.05) is 0 Å². The molecule has 2 bridgehead atoms. The number of esters is 1. The number of hydrogen-bond donors (Lipinski definition) is 1. The van der Waals surface area contributed by atoms with Crippen LogP contribution in [0, 0.1) is 5.92 Å². The molecule has 14 heavy (non-hydrogen) atoms. The topological polar surface area (TPSA) is 29.5 Å². The maximum atomic E-state index is 11.6. The second-order valence-corrected chi connectivity index (χ2v) is 4.98. The summed E-state index contributed by atoms with van der Waals surface area (Å²) in [5.41, 5.74) is 0. The van der Waals surface area contributed by atoms with Crippen molar-refractivity contribution in [1.82, 2.24) is 4.90 Å². The minimum Gasteiger partial charge on any atom is -0.469 e. The molecule has 0 aromatic rings. The molecule has 2 saturated heterocycles. The van der Waals surface area contributed by atoms with Crippen molar-refractivity contribution < 1.29 is 9.53 Å². The third-order valence-corrected chi connectivity index (χ3v) is 4.24. The fourth-order valence-corrected chi connectivity index (χ4v) is 3.45. The van der Waals surface area contributed by atoms with Crippen LogP contribution >= 0.6 is 12.6 Å². The van der Waals surface area contributed by atoms with E-state index in [1.165, 1.54) is 13.5 Å². The molecule has 2 aliphatic heterocycles. The van der Waals surface area contributed by atoms with E-state index in [-0.39, 0.29) is 17.1 Å². The first-order valence-corrected chi connectivity index (χ1v) is 5.64. The van der Waals surface area contributed by atoms with Crippen molar-refractivity contribution >= 4 is 18.6 Å². The van der Waals surface area contributed by atoms with E-state index in [9.17, 15) is 4.79 Å². The predicted octanol–water partition coefficient (Wildman–Crippen LogP) is 0.940. The van der Waals surface area contributed by atoms with Gasteiger partial charge in [-0.15, -0.1) is 0 Å². The van der Waals surface area contributed by atoms with Crippen molar-refractivity contribution in [3.63, 3.8) is 0 Å². The Balaban J connectivity index is 2.18. The van der Waals surface area contributed by atoms with Gasteiger partial charge in [-0.2, -0.15) is 12.6 Å². The molecule has 0 amide bonds. The van der Waals surface area contributed by atoms with E-state index in [4.69, 9.17) is 4.74 Å². The Kier molecular flexibility index (Phi) is 2.75. The number of ether oxygens (including phenoxy) is 1. The number of piperidine rings is 1. The van der Waals surface area contributed by atoms with E-state index in [0.717, 1.165) is 12.8 Å². The number of thiol groups is 1. The van der Waals surface area contributed by atoms with E-state index < -0.39 is 0 Å². The number of fused-ring (bicyclic) bond motifs is 2. The third-order valence-electron chi connectivity index (χ3n) is 3.71. The summed E-state index contributed by atoms with van der Waals surface area (Å²) in [6, 6.07) is 0.979. The molecule has 2 aliphatic rings. The van der Waals surface area contributed by atoms with Crippen LogP contribution in [0.25, 0.3) is 0 Å². The number of rotatable bonds is 1. The molecule has 0 saturated carbocycles. The van der Waals surface area contributed by atoms with Gasteiger partial charge in [-0.25, -0.2) is 0 Å². The second kappa shape index (κ2) is 3.74. The summed E-state index contributed by atoms with van der Waals surface area (Å²) in [7, 11) is 3.57. The standard InChI is InChI=1S/C10H17NO2S/c1-11-6-3-4-7(11)9(8(14)5-6)10(12)13-2/h6-9,14H,3-5H2,1-2H3/t6?,7?,8-,9+/m0/s1. The van der Waals surface area contributed by atoms with Crippen molar-refractivity contribution in [2.75, 3.05) is 14.2 Å². The number of nitrogens with zero attached hydrogens (tertiary/aromatic N) is 1. The maximum absolute atomic E-state index is 11.6. The largest absolute Gasteiger partial charge is 0.469 e. The summed E-state index contributed by atoms with van der Waals surface area (Å²) in [5.74, 6) is -0.130. The van der Waals surface area contributed by atoms with E-state index in [1.54, 1.807) is 0 Å². The molecule has 0 spiro atoms. The molecular weight excluding hydrogens is 198 g/mol. The molecule has 2 fully saturated rings. The van der Waals surface area contributed by atoms with Crippen molar-refractivity contribution in [3.8, 4) is 0 Å². The molecule has 4 heteroatoms. The van der Waals surface area contributed by atoms with E-state index in [2.05, 4.69) is 24.6 Å². The van der Waals surface area contributed by atoms with E-state index in [1.807, 2.05) is 0 Å². The quantitative estimate of drug-likeness (QED) is 0.521. The summed E-state index contributed by atoms with van der Waals surface area (Å²) < 4.78 is 4.84. The van der Waals surface area contributed by atoms with Gasteiger partial charge in [-0.05, 0) is 26.3 Å². The predicted molar refractivity (Wildman–Crippen MR) is 57.5 cm³/mol. The highest BCUT2D eigenvalue weighted by molar-refractivity contribution is 7.81. The Hall–Kier alpha value is -0.220. The maximum Gasteiger partial charge on any atom is 0.311 e. The van der Waals surface area contributed by atoms with Crippen LogP contribution in [0.1, 0.15) is 19.3 Å². The van der Waals surface area contributed by atoms with E-state index in [0.29, 0.717) is 12.1 Å². The molecule has 0 radical (unpaired) electrons. The van der Waals surface area contributed by atoms with Crippen LogP contribution in [-0.4, -0.2) is 42.4 Å². The fraction of sp³-hybridized carbons (Fsp3) is 0.900. The Labute approximate surface area is 90.2 Å². The van der Waals surface area contributed by atoms with Gasteiger partial charge >= 0.3 is 5.97 Å². The lowest BCUT2D eigenvalue weighted by atomic mass is 9.90. The second-order valence-electron chi connectivity index (χ2n) is 4.32. The molecule has 2 rings (SSSR count). The number of carbonyl (C=O) groups excluding carboxylic acids is 1. The Morgan fingerprint density at radius 2 is 2.21 bits per heavy atom. The van der Waals surface area contributed by atoms with Crippen LogP contribution < -0.4 is 0 Å². The average molecular weight is 215 g/mol. The lowest BCUT2D eigenvalue weighted by Crippen LogP contribution is -2.50. The highest BCUT2D eigenvalue weighted by Gasteiger charge is 2.47. The van der Waals surface area contributed by atoms with Gasteiger partial charge < -0.3 is 4.74 Å². The Bertz CT molecular complexity index is 246. The van der Waals surface area contributed by atoms with Crippen molar-refractivity contribution in [1.29, 1.82) is 0 Å². The number of hydrogen-bond acceptors (Lipinski definition) is 4. The highest BCUT2D eigenvalue weighted by Crippen LogP contribution is 2.40. The summed E-state index contributed by atoms with van der Waals surface area (Å²) >= 11 is 4.52. The van der Waals surface area contributed by atoms with Crippen LogP contribution in [0.4, 0.5) is 0 Å². The summed E-state index contributed by atoms with van der Waals surface area (Å²) in [4.78, 5) is 13.9. The summed E-state index contributed by atoms with van der Waals surface area (Å²) in [6.07, 6.45) is 3.32. The lowest BCUT2D eigenvalue weighted by Gasteiger charge is -2.39. The van der Waals surface area contributed by atoms with Gasteiger partial charge in [0.05, 0.1) is 13.0 Å². The summed E-state index contributed by atoms with van der Waals surface area (Å²) in [5, 5.41) is 0.177. The molecule has 0 N–H and O–H groups in total. The third kappa shape index (κ3) is 1.44. The Morgan fingerprint density at radius 3 is 2.86 bits per heavy atom. The molecule has 4 atom stereocenters. The lowest BCUT2D eigenvalue weighted by molar-refractivity contribution is -0.148. The molecule has 80 valence electrons. The van der Waals surface area contributed by atoms with Crippen LogP contribution in [0.2, 0.25) is 0 Å². The minimum absolute atomic E-state index is 0.0351.